The molecule has 0 bridgehead atoms. The van der Waals surface area contributed by atoms with Crippen LogP contribution in [0.25, 0.3) is 0 Å². The summed E-state index contributed by atoms with van der Waals surface area (Å²) < 4.78 is -1.32. The van der Waals surface area contributed by atoms with Crippen molar-refractivity contribution in [1.82, 2.24) is 0 Å². The molecule has 0 heterocycles. The average molecular weight is 279 g/mol. The lowest BCUT2D eigenvalue weighted by atomic mass is 9.79. The molecule has 2 aliphatic carbocycles. The summed E-state index contributed by atoms with van der Waals surface area (Å²) in [5.41, 5.74) is 1.31. The molecule has 0 radical (unpaired) electrons. The highest BCUT2D eigenvalue weighted by atomic mass is 35.5. The van der Waals surface area contributed by atoms with Gasteiger partial charge in [-0.3, -0.25) is 9.59 Å². The highest BCUT2D eigenvalue weighted by Gasteiger charge is 2.43. The molecule has 0 N–H and O–H groups in total. The number of ketones is 2. The van der Waals surface area contributed by atoms with Crippen LogP contribution in [-0.4, -0.2) is 15.9 Å². The minimum atomic E-state index is -1.32. The standard InChI is InChI=1S/C14H8Cl2O2/c15-14(16)7-3-6-10-11(14)13(18)9-5-2-1-4-8(9)12(10)17/h1-6H,7H2. The summed E-state index contributed by atoms with van der Waals surface area (Å²) >= 11 is 12.3. The minimum Gasteiger partial charge on any atom is -0.289 e. The Balaban J connectivity index is 2.30. The number of fused-ring (bicyclic) bond motifs is 1. The molecular weight excluding hydrogens is 271 g/mol. The Morgan fingerprint density at radius 3 is 2.28 bits per heavy atom. The van der Waals surface area contributed by atoms with Crippen molar-refractivity contribution < 1.29 is 9.59 Å². The van der Waals surface area contributed by atoms with Crippen molar-refractivity contribution >= 4 is 34.8 Å². The van der Waals surface area contributed by atoms with Crippen molar-refractivity contribution in [2.24, 2.45) is 0 Å². The highest BCUT2D eigenvalue weighted by Crippen LogP contribution is 2.44. The molecule has 0 saturated heterocycles. The summed E-state index contributed by atoms with van der Waals surface area (Å²) in [6.45, 7) is 0. The number of halogens is 2. The van der Waals surface area contributed by atoms with E-state index >= 15 is 0 Å². The zero-order valence-electron chi connectivity index (χ0n) is 9.24. The van der Waals surface area contributed by atoms with Gasteiger partial charge in [0, 0.05) is 28.7 Å². The fraction of sp³-hybridized carbons (Fsp3) is 0.143. The third kappa shape index (κ3) is 1.49. The van der Waals surface area contributed by atoms with Gasteiger partial charge in [-0.2, -0.15) is 0 Å². The van der Waals surface area contributed by atoms with Crippen molar-refractivity contribution in [3.63, 3.8) is 0 Å². The number of carbonyl (C=O) groups excluding carboxylic acids is 2. The van der Waals surface area contributed by atoms with Crippen molar-refractivity contribution in [2.75, 3.05) is 0 Å². The summed E-state index contributed by atoms with van der Waals surface area (Å²) in [6.07, 6.45) is 3.68. The fourth-order valence-electron chi connectivity index (χ4n) is 2.34. The maximum Gasteiger partial charge on any atom is 0.194 e. The quantitative estimate of drug-likeness (QED) is 0.681. The summed E-state index contributed by atoms with van der Waals surface area (Å²) in [7, 11) is 0. The highest BCUT2D eigenvalue weighted by molar-refractivity contribution is 6.54. The predicted octanol–water partition coefficient (Wildman–Crippen LogP) is 3.50. The van der Waals surface area contributed by atoms with E-state index in [1.54, 1.807) is 36.4 Å². The van der Waals surface area contributed by atoms with Crippen LogP contribution in [0.4, 0.5) is 0 Å². The Hall–Kier alpha value is -1.38. The van der Waals surface area contributed by atoms with Crippen LogP contribution in [0.1, 0.15) is 27.1 Å². The Morgan fingerprint density at radius 2 is 1.61 bits per heavy atom. The van der Waals surface area contributed by atoms with Crippen LogP contribution in [0.3, 0.4) is 0 Å². The number of hydrogen-bond acceptors (Lipinski definition) is 2. The molecule has 0 atom stereocenters. The first-order chi connectivity index (χ1) is 8.52. The van der Waals surface area contributed by atoms with E-state index in [0.717, 1.165) is 0 Å². The molecule has 3 rings (SSSR count). The molecule has 90 valence electrons. The number of benzene rings is 1. The summed E-state index contributed by atoms with van der Waals surface area (Å²) in [5, 5.41) is 0. The van der Waals surface area contributed by atoms with Crippen molar-refractivity contribution in [3.05, 3.63) is 58.7 Å². The molecule has 0 fully saturated rings. The van der Waals surface area contributed by atoms with Crippen LogP contribution >= 0.6 is 23.2 Å². The number of Topliss-reactive ketones (excluding diaryl/α,β-unsaturated/α-hetero) is 2. The van der Waals surface area contributed by atoms with E-state index in [2.05, 4.69) is 0 Å². The molecule has 2 aliphatic rings. The predicted molar refractivity (Wildman–Crippen MR) is 70.3 cm³/mol. The Morgan fingerprint density at radius 1 is 1.00 bits per heavy atom. The van der Waals surface area contributed by atoms with Crippen LogP contribution < -0.4 is 0 Å². The molecule has 4 heteroatoms. The topological polar surface area (TPSA) is 34.1 Å². The van der Waals surface area contributed by atoms with Gasteiger partial charge < -0.3 is 0 Å². The van der Waals surface area contributed by atoms with Crippen LogP contribution in [0, 0.1) is 0 Å². The van der Waals surface area contributed by atoms with E-state index in [4.69, 9.17) is 23.2 Å². The summed E-state index contributed by atoms with van der Waals surface area (Å²) in [6, 6.07) is 6.72. The van der Waals surface area contributed by atoms with Crippen molar-refractivity contribution in [3.8, 4) is 0 Å². The monoisotopic (exact) mass is 278 g/mol. The van der Waals surface area contributed by atoms with Gasteiger partial charge in [0.25, 0.3) is 0 Å². The van der Waals surface area contributed by atoms with Crippen LogP contribution in [0.15, 0.2) is 47.6 Å². The second kappa shape index (κ2) is 3.81. The van der Waals surface area contributed by atoms with Crippen molar-refractivity contribution in [2.45, 2.75) is 10.8 Å². The molecule has 0 spiro atoms. The summed E-state index contributed by atoms with van der Waals surface area (Å²) in [5.74, 6) is -0.448. The largest absolute Gasteiger partial charge is 0.289 e. The first-order valence-electron chi connectivity index (χ1n) is 5.50. The van der Waals surface area contributed by atoms with E-state index < -0.39 is 4.33 Å². The van der Waals surface area contributed by atoms with Crippen LogP contribution in [-0.2, 0) is 0 Å². The van der Waals surface area contributed by atoms with E-state index in [1.165, 1.54) is 0 Å². The van der Waals surface area contributed by atoms with Gasteiger partial charge >= 0.3 is 0 Å². The molecule has 18 heavy (non-hydrogen) atoms. The third-order valence-corrected chi connectivity index (χ3v) is 3.87. The SMILES string of the molecule is O=C1C2=C(C(=O)c3ccccc31)C(Cl)(Cl)CC=C2. The molecule has 1 aromatic rings. The van der Waals surface area contributed by atoms with Gasteiger partial charge in [0.15, 0.2) is 15.9 Å². The van der Waals surface area contributed by atoms with Crippen LogP contribution in [0.2, 0.25) is 0 Å². The zero-order chi connectivity index (χ0) is 12.9. The van der Waals surface area contributed by atoms with E-state index in [9.17, 15) is 9.59 Å². The van der Waals surface area contributed by atoms with E-state index in [1.807, 2.05) is 0 Å². The maximum atomic E-state index is 12.4. The molecule has 0 aliphatic heterocycles. The molecule has 2 nitrogen and oxygen atoms in total. The number of alkyl halides is 2. The second-order valence-corrected chi connectivity index (χ2v) is 5.79. The normalized spacial score (nSPS) is 20.8. The van der Waals surface area contributed by atoms with Crippen LogP contribution in [0.5, 0.6) is 0 Å². The lowest BCUT2D eigenvalue weighted by Crippen LogP contribution is -2.32. The Bertz CT molecular complexity index is 639. The zero-order valence-corrected chi connectivity index (χ0v) is 10.8. The fourth-order valence-corrected chi connectivity index (χ4v) is 2.90. The maximum absolute atomic E-state index is 12.4. The smallest absolute Gasteiger partial charge is 0.194 e. The van der Waals surface area contributed by atoms with Gasteiger partial charge in [0.05, 0.1) is 0 Å². The summed E-state index contributed by atoms with van der Waals surface area (Å²) in [4.78, 5) is 24.7. The van der Waals surface area contributed by atoms with E-state index in [-0.39, 0.29) is 17.1 Å². The van der Waals surface area contributed by atoms with Gasteiger partial charge in [-0.05, 0) is 0 Å². The van der Waals surface area contributed by atoms with Gasteiger partial charge in [-0.1, -0.05) is 59.6 Å². The molecule has 0 saturated carbocycles. The van der Waals surface area contributed by atoms with Gasteiger partial charge in [0.1, 0.15) is 0 Å². The van der Waals surface area contributed by atoms with Gasteiger partial charge in [0.2, 0.25) is 0 Å². The second-order valence-electron chi connectivity index (χ2n) is 4.30. The molecule has 0 unspecified atom stereocenters. The third-order valence-electron chi connectivity index (χ3n) is 3.18. The van der Waals surface area contributed by atoms with Gasteiger partial charge in [-0.15, -0.1) is 0 Å². The Labute approximate surface area is 114 Å². The lowest BCUT2D eigenvalue weighted by Gasteiger charge is -2.29. The first-order valence-corrected chi connectivity index (χ1v) is 6.25. The van der Waals surface area contributed by atoms with E-state index in [0.29, 0.717) is 23.1 Å². The Kier molecular flexibility index (Phi) is 2.47. The molecule has 0 amide bonds. The van der Waals surface area contributed by atoms with Gasteiger partial charge in [-0.25, -0.2) is 0 Å². The lowest BCUT2D eigenvalue weighted by molar-refractivity contribution is 0.0973. The average Bonchev–Trinajstić information content (AvgIpc) is 2.35. The minimum absolute atomic E-state index is 0.193. The number of allylic oxidation sites excluding steroid dienone is 4. The number of hydrogen-bond donors (Lipinski definition) is 0. The molecule has 0 aromatic heterocycles. The molecule has 1 aromatic carbocycles. The number of rotatable bonds is 0. The number of carbonyl (C=O) groups is 2. The molecular formula is C14H8Cl2O2. The first kappa shape index (κ1) is 11.7. The van der Waals surface area contributed by atoms with Crippen molar-refractivity contribution in [1.29, 1.82) is 0 Å².